The Labute approximate surface area is 223 Å². The highest BCUT2D eigenvalue weighted by Gasteiger charge is 2.15. The van der Waals surface area contributed by atoms with E-state index in [-0.39, 0.29) is 18.0 Å². The molecule has 0 aliphatic rings. The molecule has 8 nitrogen and oxygen atoms in total. The number of rotatable bonds is 6. The van der Waals surface area contributed by atoms with Crippen molar-refractivity contribution in [3.8, 4) is 11.1 Å². The third-order valence-corrected chi connectivity index (χ3v) is 5.85. The van der Waals surface area contributed by atoms with Gasteiger partial charge in [0.1, 0.15) is 0 Å². The number of hydrogen-bond acceptors (Lipinski definition) is 5. The van der Waals surface area contributed by atoms with Gasteiger partial charge in [0.15, 0.2) is 0 Å². The van der Waals surface area contributed by atoms with Gasteiger partial charge in [-0.3, -0.25) is 9.78 Å². The smallest absolute Gasteiger partial charge is 0.323 e. The molecule has 186 valence electrons. The van der Waals surface area contributed by atoms with E-state index in [1.165, 1.54) is 6.20 Å². The highest BCUT2D eigenvalue weighted by molar-refractivity contribution is 6.33. The average Bonchev–Trinajstić information content (AvgIpc) is 3.41. The van der Waals surface area contributed by atoms with Gasteiger partial charge in [0.25, 0.3) is 5.91 Å². The Kier molecular flexibility index (Phi) is 7.62. The average molecular weight is 534 g/mol. The second kappa shape index (κ2) is 11.0. The second-order valence-corrected chi connectivity index (χ2v) is 8.32. The van der Waals surface area contributed by atoms with Crippen LogP contribution in [0.1, 0.15) is 10.4 Å². The van der Waals surface area contributed by atoms with E-state index in [2.05, 4.69) is 20.9 Å². The van der Waals surface area contributed by atoms with Crippen LogP contribution in [-0.2, 0) is 0 Å². The van der Waals surface area contributed by atoms with Crippen LogP contribution in [0.15, 0.2) is 95.9 Å². The zero-order chi connectivity index (χ0) is 25.1. The molecule has 2 heterocycles. The lowest BCUT2D eigenvalue weighted by atomic mass is 10.0. The third kappa shape index (κ3) is 5.66. The molecule has 10 heteroatoms. The Morgan fingerprint density at radius 1 is 0.892 bits per heavy atom. The van der Waals surface area contributed by atoms with E-state index in [0.29, 0.717) is 33.3 Å². The number of pyridine rings is 1. The molecule has 5 N–H and O–H groups in total. The van der Waals surface area contributed by atoms with Gasteiger partial charge >= 0.3 is 6.03 Å². The number of aromatic nitrogens is 1. The Hall–Kier alpha value is -4.53. The first kappa shape index (κ1) is 25.6. The predicted octanol–water partition coefficient (Wildman–Crippen LogP) is 7.06. The summed E-state index contributed by atoms with van der Waals surface area (Å²) in [5.41, 5.74) is 10.8. The summed E-state index contributed by atoms with van der Waals surface area (Å²) in [6, 6.07) is 21.2. The summed E-state index contributed by atoms with van der Waals surface area (Å²) in [6.45, 7) is 0. The summed E-state index contributed by atoms with van der Waals surface area (Å²) in [4.78, 5) is 28.9. The fourth-order valence-electron chi connectivity index (χ4n) is 3.75. The molecule has 0 fully saturated rings. The molecule has 0 aliphatic carbocycles. The van der Waals surface area contributed by atoms with E-state index < -0.39 is 11.9 Å². The number of nitrogens with zero attached hydrogens (tertiary/aromatic N) is 1. The molecule has 0 aliphatic heterocycles. The zero-order valence-corrected chi connectivity index (χ0v) is 20.8. The van der Waals surface area contributed by atoms with Gasteiger partial charge in [-0.25, -0.2) is 4.79 Å². The largest absolute Gasteiger partial charge is 0.472 e. The molecule has 37 heavy (non-hydrogen) atoms. The van der Waals surface area contributed by atoms with Gasteiger partial charge < -0.3 is 26.1 Å². The second-order valence-electron chi connectivity index (χ2n) is 7.92. The number of primary amides is 1. The summed E-state index contributed by atoms with van der Waals surface area (Å²) in [6.07, 6.45) is 4.72. The lowest BCUT2D eigenvalue weighted by Gasteiger charge is -2.14. The maximum Gasteiger partial charge on any atom is 0.323 e. The minimum atomic E-state index is -0.597. The van der Waals surface area contributed by atoms with Crippen molar-refractivity contribution in [3.05, 3.63) is 102 Å². The lowest BCUT2D eigenvalue weighted by Crippen LogP contribution is -2.19. The van der Waals surface area contributed by atoms with Crippen molar-refractivity contribution in [3.63, 3.8) is 0 Å². The number of para-hydroxylation sites is 1. The first-order chi connectivity index (χ1) is 17.5. The number of nitrogens with two attached hydrogens (primary N) is 1. The monoisotopic (exact) mass is 533 g/mol. The van der Waals surface area contributed by atoms with Crippen molar-refractivity contribution in [1.82, 2.24) is 4.98 Å². The van der Waals surface area contributed by atoms with Gasteiger partial charge in [-0.2, -0.15) is 0 Å². The first-order valence-corrected chi connectivity index (χ1v) is 11.3. The van der Waals surface area contributed by atoms with Crippen LogP contribution in [0.2, 0.25) is 5.02 Å². The fourth-order valence-corrected chi connectivity index (χ4v) is 3.93. The van der Waals surface area contributed by atoms with Crippen LogP contribution < -0.4 is 21.7 Å². The molecule has 5 rings (SSSR count). The van der Waals surface area contributed by atoms with Crippen molar-refractivity contribution in [2.24, 2.45) is 5.73 Å². The number of carbonyl (C=O) groups is 2. The zero-order valence-electron chi connectivity index (χ0n) is 19.2. The summed E-state index contributed by atoms with van der Waals surface area (Å²) in [5.74, 6) is -0.597. The molecule has 0 bridgehead atoms. The molecule has 0 spiro atoms. The van der Waals surface area contributed by atoms with Gasteiger partial charge in [0.2, 0.25) is 0 Å². The van der Waals surface area contributed by atoms with E-state index in [1.54, 1.807) is 61.1 Å². The quantitative estimate of drug-likeness (QED) is 0.186. The van der Waals surface area contributed by atoms with Crippen LogP contribution in [-0.4, -0.2) is 16.9 Å². The summed E-state index contributed by atoms with van der Waals surface area (Å²) in [5, 5.41) is 9.92. The fraction of sp³-hybridized carbons (Fsp3) is 0. The summed E-state index contributed by atoms with van der Waals surface area (Å²) < 4.78 is 5.17. The number of halogens is 2. The van der Waals surface area contributed by atoms with Crippen LogP contribution in [0.4, 0.5) is 27.5 Å². The third-order valence-electron chi connectivity index (χ3n) is 5.52. The molecule has 0 atom stereocenters. The van der Waals surface area contributed by atoms with Gasteiger partial charge in [0.05, 0.1) is 40.0 Å². The number of anilines is 4. The number of carbonyl (C=O) groups excluding carboxylic acids is 2. The van der Waals surface area contributed by atoms with Crippen LogP contribution in [0.3, 0.4) is 0 Å². The number of fused-ring (bicyclic) bond motifs is 1. The number of nitrogens with one attached hydrogen (secondary N) is 3. The van der Waals surface area contributed by atoms with Crippen LogP contribution in [0.25, 0.3) is 22.0 Å². The van der Waals surface area contributed by atoms with Crippen molar-refractivity contribution >= 4 is 69.6 Å². The number of amides is 3. The summed E-state index contributed by atoms with van der Waals surface area (Å²) in [7, 11) is 0. The SMILES string of the molecule is Cl.NC(=O)c1cnc2cc(-c3ccoc3)ccc2c1Nc1ccc(NC(=O)Nc2ccccc2Cl)cc1. The summed E-state index contributed by atoms with van der Waals surface area (Å²) >= 11 is 6.09. The molecular formula is C27H21Cl2N5O3. The maximum atomic E-state index is 12.3. The van der Waals surface area contributed by atoms with Crippen LogP contribution in [0, 0.1) is 0 Å². The molecule has 2 aromatic heterocycles. The van der Waals surface area contributed by atoms with Crippen LogP contribution in [0.5, 0.6) is 0 Å². The van der Waals surface area contributed by atoms with Gasteiger partial charge in [-0.05, 0) is 54.1 Å². The molecule has 0 saturated heterocycles. The minimum absolute atomic E-state index is 0. The molecule has 0 unspecified atom stereocenters. The predicted molar refractivity (Wildman–Crippen MR) is 149 cm³/mol. The van der Waals surface area contributed by atoms with Crippen molar-refractivity contribution in [2.45, 2.75) is 0 Å². The minimum Gasteiger partial charge on any atom is -0.472 e. The number of urea groups is 1. The van der Waals surface area contributed by atoms with Crippen molar-refractivity contribution in [1.29, 1.82) is 0 Å². The van der Waals surface area contributed by atoms with Crippen molar-refractivity contribution in [2.75, 3.05) is 16.0 Å². The number of hydrogen-bond donors (Lipinski definition) is 4. The normalized spacial score (nSPS) is 10.4. The highest BCUT2D eigenvalue weighted by atomic mass is 35.5. The Bertz CT molecular complexity index is 1570. The lowest BCUT2D eigenvalue weighted by molar-refractivity contribution is 0.100. The number of benzene rings is 3. The maximum absolute atomic E-state index is 12.3. The Morgan fingerprint density at radius 2 is 1.65 bits per heavy atom. The van der Waals surface area contributed by atoms with E-state index in [9.17, 15) is 9.59 Å². The van der Waals surface area contributed by atoms with Crippen LogP contribution >= 0.6 is 24.0 Å². The van der Waals surface area contributed by atoms with E-state index in [4.69, 9.17) is 21.8 Å². The van der Waals surface area contributed by atoms with Gasteiger partial charge in [-0.1, -0.05) is 35.9 Å². The molecule has 3 amide bonds. The molecule has 3 aromatic carbocycles. The first-order valence-electron chi connectivity index (χ1n) is 10.9. The van der Waals surface area contributed by atoms with Gasteiger partial charge in [-0.15, -0.1) is 12.4 Å². The molecule has 0 saturated carbocycles. The topological polar surface area (TPSA) is 122 Å². The molecular weight excluding hydrogens is 513 g/mol. The van der Waals surface area contributed by atoms with Crippen molar-refractivity contribution < 1.29 is 14.0 Å². The Balaban J connectivity index is 0.00000320. The molecule has 5 aromatic rings. The number of furan rings is 1. The van der Waals surface area contributed by atoms with E-state index >= 15 is 0 Å². The standard InChI is InChI=1S/C27H20ClN5O3.ClH/c28-22-3-1-2-4-23(22)33-27(35)32-19-8-6-18(7-9-19)31-25-20-10-5-16(17-11-12-36-15-17)13-24(20)30-14-21(25)26(29)34;/h1-15H,(H2,29,34)(H,30,31)(H2,32,33,35);1H. The van der Waals surface area contributed by atoms with Gasteiger partial charge in [0, 0.05) is 28.5 Å². The van der Waals surface area contributed by atoms with E-state index in [0.717, 1.165) is 16.5 Å². The highest BCUT2D eigenvalue weighted by Crippen LogP contribution is 2.32. The Morgan fingerprint density at radius 3 is 2.35 bits per heavy atom. The molecule has 0 radical (unpaired) electrons. The van der Waals surface area contributed by atoms with E-state index in [1.807, 2.05) is 24.3 Å².